The second-order valence-corrected chi connectivity index (χ2v) is 9.03. The molecule has 0 radical (unpaired) electrons. The smallest absolute Gasteiger partial charge is 1.00 e. The van der Waals surface area contributed by atoms with Crippen molar-refractivity contribution in [2.24, 2.45) is 17.8 Å². The van der Waals surface area contributed by atoms with E-state index in [-0.39, 0.29) is 52.8 Å². The van der Waals surface area contributed by atoms with Gasteiger partial charge >= 0.3 is 67.8 Å². The van der Waals surface area contributed by atoms with Crippen LogP contribution in [-0.4, -0.2) is 28.6 Å². The first-order chi connectivity index (χ1) is 12.3. The van der Waals surface area contributed by atoms with E-state index in [1.165, 1.54) is 51.0 Å². The van der Waals surface area contributed by atoms with E-state index >= 15 is 0 Å². The summed E-state index contributed by atoms with van der Waals surface area (Å²) < 4.78 is 31.6. The van der Waals surface area contributed by atoms with Gasteiger partial charge in [0.1, 0.15) is 0 Å². The Morgan fingerprint density at radius 2 is 1.25 bits per heavy atom. The molecule has 0 unspecified atom stereocenters. The van der Waals surface area contributed by atoms with Crippen LogP contribution in [0.25, 0.3) is 0 Å². The molecule has 0 amide bonds. The van der Waals surface area contributed by atoms with Gasteiger partial charge in [-0.05, 0) is 37.5 Å². The molecule has 6 nitrogen and oxygen atoms in total. The molecule has 0 aliphatic carbocycles. The summed E-state index contributed by atoms with van der Waals surface area (Å²) in [5, 5.41) is 8.68. The largest absolute Gasteiger partial charge is 1.00 e. The van der Waals surface area contributed by atoms with Gasteiger partial charge in [0, 0.05) is 6.08 Å². The zero-order chi connectivity index (χ0) is 21.5. The first-order valence-corrected chi connectivity index (χ1v) is 11.3. The molecular weight excluding hydrogens is 407 g/mol. The molecule has 0 fully saturated rings. The Bertz CT molecular complexity index is 515. The summed E-state index contributed by atoms with van der Waals surface area (Å²) in [7, 11) is -4.67. The van der Waals surface area contributed by atoms with Gasteiger partial charge in [-0.1, -0.05) is 78.2 Å². The molecule has 0 saturated heterocycles. The van der Waals surface area contributed by atoms with Gasteiger partial charge in [-0.15, -0.1) is 0 Å². The molecule has 0 saturated carbocycles. The van der Waals surface area contributed by atoms with Crippen molar-refractivity contribution in [2.75, 3.05) is 0 Å². The van der Waals surface area contributed by atoms with Crippen molar-refractivity contribution in [3.63, 3.8) is 0 Å². The quantitative estimate of drug-likeness (QED) is 0.227. The van der Waals surface area contributed by atoms with Gasteiger partial charge in [-0.3, -0.25) is 9.11 Å². The molecule has 0 aromatic carbocycles. The van der Waals surface area contributed by atoms with Crippen molar-refractivity contribution < 1.29 is 80.2 Å². The zero-order valence-electron chi connectivity index (χ0n) is 19.6. The van der Waals surface area contributed by atoms with Crippen molar-refractivity contribution >= 4 is 16.4 Å². The van der Waals surface area contributed by atoms with Crippen LogP contribution in [0.1, 0.15) is 93.8 Å². The van der Waals surface area contributed by atoms with Crippen molar-refractivity contribution in [1.82, 2.24) is 0 Å². The fourth-order valence-electron chi connectivity index (χ4n) is 2.99. The summed E-state index contributed by atoms with van der Waals surface area (Å²) in [4.78, 5) is 10.5. The standard InChI is InChI=1S/C20H38O2.K.H2O4S.H/c1-16(2)9-6-10-17(3)11-7-12-18(4)13-8-14-19(5)15-20(21)22;;1-5(2,3)4;/h15-18H,6-14H2,1-5H3,(H,21,22);;(H2,1,2,3,4);/q;+1;;-1/b19-15+;;;/t17-,18-;;;/m1.../s1. The first kappa shape index (κ1) is 33.4. The van der Waals surface area contributed by atoms with Crippen LogP contribution in [0.15, 0.2) is 11.6 Å². The van der Waals surface area contributed by atoms with Gasteiger partial charge in [0.25, 0.3) is 0 Å². The molecule has 0 rings (SSSR count). The molecule has 0 aliphatic heterocycles. The summed E-state index contributed by atoms with van der Waals surface area (Å²) in [5.41, 5.74) is 0.985. The van der Waals surface area contributed by atoms with E-state index in [1.54, 1.807) is 0 Å². The van der Waals surface area contributed by atoms with E-state index in [1.807, 2.05) is 6.92 Å². The van der Waals surface area contributed by atoms with Gasteiger partial charge in [0.05, 0.1) is 0 Å². The molecule has 164 valence electrons. The number of rotatable bonds is 13. The summed E-state index contributed by atoms with van der Waals surface area (Å²) >= 11 is 0. The molecule has 0 spiro atoms. The maximum absolute atomic E-state index is 10.5. The van der Waals surface area contributed by atoms with Crippen LogP contribution in [0.3, 0.4) is 0 Å². The third-order valence-electron chi connectivity index (χ3n) is 4.51. The van der Waals surface area contributed by atoms with Gasteiger partial charge in [0.2, 0.25) is 0 Å². The van der Waals surface area contributed by atoms with Crippen molar-refractivity contribution in [3.8, 4) is 0 Å². The maximum Gasteiger partial charge on any atom is 1.00 e. The predicted octanol–water partition coefficient (Wildman–Crippen LogP) is 2.92. The second kappa shape index (κ2) is 19.7. The Hall–Kier alpha value is 0.716. The minimum atomic E-state index is -4.67. The minimum absolute atomic E-state index is 0. The number of hydrogen-bond donors (Lipinski definition) is 3. The van der Waals surface area contributed by atoms with Crippen LogP contribution in [0.4, 0.5) is 0 Å². The Morgan fingerprint density at radius 1 is 0.893 bits per heavy atom. The first-order valence-electron chi connectivity index (χ1n) is 9.91. The van der Waals surface area contributed by atoms with E-state index in [9.17, 15) is 4.79 Å². The molecular formula is C20H41KO6S. The molecule has 0 heterocycles. The monoisotopic (exact) mass is 448 g/mol. The Kier molecular flexibility index (Phi) is 23.4. The van der Waals surface area contributed by atoms with Crippen molar-refractivity contribution in [3.05, 3.63) is 11.6 Å². The van der Waals surface area contributed by atoms with E-state index < -0.39 is 16.4 Å². The molecule has 0 bridgehead atoms. The van der Waals surface area contributed by atoms with Crippen LogP contribution in [0, 0.1) is 17.8 Å². The van der Waals surface area contributed by atoms with E-state index in [0.717, 1.165) is 36.2 Å². The van der Waals surface area contributed by atoms with Crippen LogP contribution in [-0.2, 0) is 15.2 Å². The Labute approximate surface area is 216 Å². The molecule has 3 N–H and O–H groups in total. The zero-order valence-corrected chi connectivity index (χ0v) is 22.6. The van der Waals surface area contributed by atoms with E-state index in [4.69, 9.17) is 22.6 Å². The van der Waals surface area contributed by atoms with Crippen LogP contribution in [0.2, 0.25) is 0 Å². The van der Waals surface area contributed by atoms with Crippen molar-refractivity contribution in [1.29, 1.82) is 0 Å². The molecule has 8 heteroatoms. The number of carboxylic acids is 1. The summed E-state index contributed by atoms with van der Waals surface area (Å²) in [6, 6.07) is 0. The number of hydrogen-bond acceptors (Lipinski definition) is 3. The molecule has 28 heavy (non-hydrogen) atoms. The van der Waals surface area contributed by atoms with E-state index in [0.29, 0.717) is 0 Å². The third kappa shape index (κ3) is 34.2. The van der Waals surface area contributed by atoms with E-state index in [2.05, 4.69) is 27.7 Å². The third-order valence-corrected chi connectivity index (χ3v) is 4.51. The Morgan fingerprint density at radius 3 is 1.61 bits per heavy atom. The fourth-order valence-corrected chi connectivity index (χ4v) is 2.99. The number of allylic oxidation sites excluding steroid dienone is 1. The second-order valence-electron chi connectivity index (χ2n) is 8.13. The summed E-state index contributed by atoms with van der Waals surface area (Å²) in [5.74, 6) is 1.65. The topological polar surface area (TPSA) is 112 Å². The fraction of sp³-hybridized carbons (Fsp3) is 0.850. The van der Waals surface area contributed by atoms with Gasteiger partial charge in [-0.25, -0.2) is 4.79 Å². The maximum atomic E-state index is 10.5. The molecule has 0 aliphatic rings. The van der Waals surface area contributed by atoms with Crippen LogP contribution < -0.4 is 51.4 Å². The minimum Gasteiger partial charge on any atom is -1.00 e. The number of aliphatic carboxylic acids is 1. The van der Waals surface area contributed by atoms with Crippen LogP contribution in [0.5, 0.6) is 0 Å². The summed E-state index contributed by atoms with van der Waals surface area (Å²) in [6.45, 7) is 11.3. The summed E-state index contributed by atoms with van der Waals surface area (Å²) in [6.07, 6.45) is 12.7. The van der Waals surface area contributed by atoms with Crippen LogP contribution >= 0.6 is 0 Å². The molecule has 2 atom stereocenters. The predicted molar refractivity (Wildman–Crippen MR) is 111 cm³/mol. The molecule has 0 aromatic rings. The van der Waals surface area contributed by atoms with Gasteiger partial charge in [-0.2, -0.15) is 8.42 Å². The van der Waals surface area contributed by atoms with Gasteiger partial charge < -0.3 is 6.53 Å². The number of carbonyl (C=O) groups is 1. The average molecular weight is 449 g/mol. The van der Waals surface area contributed by atoms with Gasteiger partial charge in [0.15, 0.2) is 0 Å². The SMILES string of the molecule is C/C(=C\C(=O)O)CCC[C@H](C)CCC[C@H](C)CCCC(C)C.O=S(=O)(O)O.[H-].[K+]. The van der Waals surface area contributed by atoms with Crippen molar-refractivity contribution in [2.45, 2.75) is 92.4 Å². The normalized spacial score (nSPS) is 13.9. The molecule has 0 aromatic heterocycles. The number of carboxylic acid groups (broad SMARTS) is 1. The average Bonchev–Trinajstić information content (AvgIpc) is 2.44. The Balaban J connectivity index is -0.000000396.